The van der Waals surface area contributed by atoms with E-state index >= 15 is 0 Å². The summed E-state index contributed by atoms with van der Waals surface area (Å²) in [5, 5.41) is 3.09. The van der Waals surface area contributed by atoms with E-state index in [0.29, 0.717) is 55.1 Å². The van der Waals surface area contributed by atoms with Crippen LogP contribution < -0.4 is 24.4 Å². The number of nitrogens with zero attached hydrogens (tertiary/aromatic N) is 1. The molecule has 0 aliphatic carbocycles. The molecule has 1 unspecified atom stereocenters. The van der Waals surface area contributed by atoms with E-state index in [2.05, 4.69) is 34.5 Å². The highest BCUT2D eigenvalue weighted by atomic mass is 16.5. The van der Waals surface area contributed by atoms with Gasteiger partial charge in [0.05, 0.1) is 19.8 Å². The molecule has 2 aromatic rings. The number of amides is 1. The predicted molar refractivity (Wildman–Crippen MR) is 119 cm³/mol. The van der Waals surface area contributed by atoms with Gasteiger partial charge >= 0.3 is 0 Å². The molecular weight excluding hydrogens is 380 g/mol. The molecular formula is C24H32N2O4. The first-order chi connectivity index (χ1) is 14.7. The number of carbonyl (C=O) groups excluding carboxylic acids is 1. The van der Waals surface area contributed by atoms with Crippen LogP contribution >= 0.6 is 0 Å². The number of nitrogens with one attached hydrogen (secondary N) is 1. The third-order valence-corrected chi connectivity index (χ3v) is 5.13. The number of anilines is 1. The van der Waals surface area contributed by atoms with Gasteiger partial charge in [0, 0.05) is 30.9 Å². The molecule has 1 N–H and O–H groups in total. The Morgan fingerprint density at radius 2 is 1.63 bits per heavy atom. The quantitative estimate of drug-likeness (QED) is 0.636. The van der Waals surface area contributed by atoms with Crippen molar-refractivity contribution in [3.8, 4) is 17.2 Å². The van der Waals surface area contributed by atoms with Gasteiger partial charge in [0.2, 0.25) is 5.75 Å². The maximum absolute atomic E-state index is 12.9. The minimum absolute atomic E-state index is 0.127. The Kier molecular flexibility index (Phi) is 7.82. The molecule has 0 spiro atoms. The molecule has 0 radical (unpaired) electrons. The van der Waals surface area contributed by atoms with Crippen molar-refractivity contribution in [2.24, 2.45) is 5.92 Å². The van der Waals surface area contributed by atoms with Crippen molar-refractivity contribution in [2.75, 3.05) is 44.4 Å². The van der Waals surface area contributed by atoms with Gasteiger partial charge in [-0.2, -0.15) is 0 Å². The summed E-state index contributed by atoms with van der Waals surface area (Å²) < 4.78 is 17.1. The summed E-state index contributed by atoms with van der Waals surface area (Å²) in [4.78, 5) is 15.2. The molecule has 1 aliphatic rings. The summed E-state index contributed by atoms with van der Waals surface area (Å²) in [7, 11) is 0. The summed E-state index contributed by atoms with van der Waals surface area (Å²) in [6, 6.07) is 13.9. The first-order valence-electron chi connectivity index (χ1n) is 10.8. The Labute approximate surface area is 179 Å². The van der Waals surface area contributed by atoms with Gasteiger partial charge in [-0.1, -0.05) is 18.2 Å². The van der Waals surface area contributed by atoms with E-state index in [1.165, 1.54) is 5.69 Å². The maximum atomic E-state index is 12.9. The number of hydrogen-bond acceptors (Lipinski definition) is 5. The van der Waals surface area contributed by atoms with Gasteiger partial charge in [0.25, 0.3) is 5.91 Å². The van der Waals surface area contributed by atoms with E-state index in [-0.39, 0.29) is 5.91 Å². The smallest absolute Gasteiger partial charge is 0.251 e. The van der Waals surface area contributed by atoms with Crippen LogP contribution in [-0.2, 0) is 0 Å². The van der Waals surface area contributed by atoms with Crippen LogP contribution in [0.25, 0.3) is 0 Å². The SMILES string of the molecule is CCOc1cc(C(=O)NCC2CCN(c3ccccc3)C2)cc(OCC)c1OCC. The van der Waals surface area contributed by atoms with Crippen LogP contribution in [0.2, 0.25) is 0 Å². The molecule has 1 aliphatic heterocycles. The zero-order valence-electron chi connectivity index (χ0n) is 18.1. The van der Waals surface area contributed by atoms with E-state index in [1.807, 2.05) is 26.8 Å². The first kappa shape index (κ1) is 21.8. The van der Waals surface area contributed by atoms with Crippen LogP contribution in [0.1, 0.15) is 37.6 Å². The minimum atomic E-state index is -0.127. The molecule has 0 bridgehead atoms. The zero-order chi connectivity index (χ0) is 21.3. The number of ether oxygens (including phenoxy) is 3. The summed E-state index contributed by atoms with van der Waals surface area (Å²) in [6.07, 6.45) is 1.06. The van der Waals surface area contributed by atoms with Crippen LogP contribution in [0.3, 0.4) is 0 Å². The second kappa shape index (κ2) is 10.8. The number of hydrogen-bond donors (Lipinski definition) is 1. The van der Waals surface area contributed by atoms with Gasteiger partial charge in [0.15, 0.2) is 11.5 Å². The molecule has 1 heterocycles. The van der Waals surface area contributed by atoms with E-state index in [4.69, 9.17) is 14.2 Å². The van der Waals surface area contributed by atoms with Crippen LogP contribution in [0.5, 0.6) is 17.2 Å². The fourth-order valence-corrected chi connectivity index (χ4v) is 3.73. The van der Waals surface area contributed by atoms with Crippen molar-refractivity contribution in [1.82, 2.24) is 5.32 Å². The van der Waals surface area contributed by atoms with Crippen molar-refractivity contribution in [3.05, 3.63) is 48.0 Å². The van der Waals surface area contributed by atoms with Gasteiger partial charge in [-0.15, -0.1) is 0 Å². The summed E-state index contributed by atoms with van der Waals surface area (Å²) in [5.74, 6) is 1.91. The Bertz CT molecular complexity index is 798. The highest BCUT2D eigenvalue weighted by Crippen LogP contribution is 2.39. The maximum Gasteiger partial charge on any atom is 0.251 e. The monoisotopic (exact) mass is 412 g/mol. The van der Waals surface area contributed by atoms with Crippen LogP contribution in [0, 0.1) is 5.92 Å². The lowest BCUT2D eigenvalue weighted by molar-refractivity contribution is 0.0947. The van der Waals surface area contributed by atoms with E-state index in [0.717, 1.165) is 19.5 Å². The topological polar surface area (TPSA) is 60.0 Å². The van der Waals surface area contributed by atoms with Gasteiger partial charge < -0.3 is 24.4 Å². The largest absolute Gasteiger partial charge is 0.490 e. The third kappa shape index (κ3) is 5.38. The molecule has 1 fully saturated rings. The number of benzene rings is 2. The molecule has 6 heteroatoms. The highest BCUT2D eigenvalue weighted by Gasteiger charge is 2.24. The molecule has 6 nitrogen and oxygen atoms in total. The molecule has 1 atom stereocenters. The lowest BCUT2D eigenvalue weighted by Gasteiger charge is -2.19. The van der Waals surface area contributed by atoms with Crippen molar-refractivity contribution < 1.29 is 19.0 Å². The average molecular weight is 413 g/mol. The number of para-hydroxylation sites is 1. The highest BCUT2D eigenvalue weighted by molar-refractivity contribution is 5.95. The molecule has 1 saturated heterocycles. The van der Waals surface area contributed by atoms with E-state index in [9.17, 15) is 4.79 Å². The van der Waals surface area contributed by atoms with Crippen LogP contribution in [0.15, 0.2) is 42.5 Å². The molecule has 3 rings (SSSR count). The molecule has 0 saturated carbocycles. The fraction of sp³-hybridized carbons (Fsp3) is 0.458. The number of rotatable bonds is 10. The second-order valence-corrected chi connectivity index (χ2v) is 7.25. The van der Waals surface area contributed by atoms with Gasteiger partial charge in [0.1, 0.15) is 0 Å². The Balaban J connectivity index is 1.66. The summed E-state index contributed by atoms with van der Waals surface area (Å²) in [5.41, 5.74) is 1.75. The van der Waals surface area contributed by atoms with Crippen molar-refractivity contribution in [1.29, 1.82) is 0 Å². The van der Waals surface area contributed by atoms with Crippen molar-refractivity contribution >= 4 is 11.6 Å². The van der Waals surface area contributed by atoms with E-state index in [1.54, 1.807) is 12.1 Å². The molecule has 1 amide bonds. The van der Waals surface area contributed by atoms with Crippen molar-refractivity contribution in [2.45, 2.75) is 27.2 Å². The predicted octanol–water partition coefficient (Wildman–Crippen LogP) is 4.14. The van der Waals surface area contributed by atoms with Crippen molar-refractivity contribution in [3.63, 3.8) is 0 Å². The summed E-state index contributed by atoms with van der Waals surface area (Å²) >= 11 is 0. The lowest BCUT2D eigenvalue weighted by Crippen LogP contribution is -2.31. The molecule has 162 valence electrons. The zero-order valence-corrected chi connectivity index (χ0v) is 18.1. The molecule has 0 aromatic heterocycles. The van der Waals surface area contributed by atoms with E-state index < -0.39 is 0 Å². The number of carbonyl (C=O) groups is 1. The lowest BCUT2D eigenvalue weighted by atomic mass is 10.1. The Morgan fingerprint density at radius 3 is 2.23 bits per heavy atom. The molecule has 2 aromatic carbocycles. The Hall–Kier alpha value is -2.89. The van der Waals surface area contributed by atoms with Crippen LogP contribution in [0.4, 0.5) is 5.69 Å². The van der Waals surface area contributed by atoms with Gasteiger partial charge in [-0.25, -0.2) is 0 Å². The first-order valence-corrected chi connectivity index (χ1v) is 10.8. The standard InChI is InChI=1S/C24H32N2O4/c1-4-28-21-14-19(15-22(29-5-2)23(21)30-6-3)24(27)25-16-18-12-13-26(17-18)20-10-8-7-9-11-20/h7-11,14-15,18H,4-6,12-13,16-17H2,1-3H3,(H,25,27). The minimum Gasteiger partial charge on any atom is -0.490 e. The van der Waals surface area contributed by atoms with Gasteiger partial charge in [-0.05, 0) is 57.4 Å². The average Bonchev–Trinajstić information content (AvgIpc) is 3.24. The fourth-order valence-electron chi connectivity index (χ4n) is 3.73. The van der Waals surface area contributed by atoms with Gasteiger partial charge in [-0.3, -0.25) is 4.79 Å². The normalized spacial score (nSPS) is 15.7. The Morgan fingerprint density at radius 1 is 1.00 bits per heavy atom. The third-order valence-electron chi connectivity index (χ3n) is 5.13. The van der Waals surface area contributed by atoms with Crippen LogP contribution in [-0.4, -0.2) is 45.4 Å². The second-order valence-electron chi connectivity index (χ2n) is 7.25. The molecule has 30 heavy (non-hydrogen) atoms. The summed E-state index contributed by atoms with van der Waals surface area (Å²) in [6.45, 7) is 9.77.